The standard InChI is InChI=1S/C10H22O2/c1-5-6-11-7-8-12-9-10(2,3)4/h5-9H2,1-4H3. The Hall–Kier alpha value is -0.0800. The summed E-state index contributed by atoms with van der Waals surface area (Å²) in [4.78, 5) is 0. The molecule has 0 aromatic heterocycles. The van der Waals surface area contributed by atoms with Gasteiger partial charge in [0.1, 0.15) is 0 Å². The predicted molar refractivity (Wildman–Crippen MR) is 51.4 cm³/mol. The van der Waals surface area contributed by atoms with Gasteiger partial charge in [-0.15, -0.1) is 0 Å². The molecule has 0 heterocycles. The molecule has 0 aliphatic carbocycles. The summed E-state index contributed by atoms with van der Waals surface area (Å²) in [5, 5.41) is 0. The largest absolute Gasteiger partial charge is 0.379 e. The van der Waals surface area contributed by atoms with Gasteiger partial charge < -0.3 is 9.47 Å². The highest BCUT2D eigenvalue weighted by atomic mass is 16.5. The van der Waals surface area contributed by atoms with Crippen molar-refractivity contribution < 1.29 is 9.47 Å². The van der Waals surface area contributed by atoms with E-state index in [0.29, 0.717) is 0 Å². The van der Waals surface area contributed by atoms with Crippen LogP contribution in [0.5, 0.6) is 0 Å². The molecule has 0 aliphatic heterocycles. The first-order valence-electron chi connectivity index (χ1n) is 4.72. The third-order valence-electron chi connectivity index (χ3n) is 1.26. The van der Waals surface area contributed by atoms with Gasteiger partial charge in [-0.3, -0.25) is 0 Å². The van der Waals surface area contributed by atoms with Crippen molar-refractivity contribution in [2.75, 3.05) is 26.4 Å². The fourth-order valence-corrected chi connectivity index (χ4v) is 0.743. The number of rotatable bonds is 6. The fourth-order valence-electron chi connectivity index (χ4n) is 0.743. The van der Waals surface area contributed by atoms with E-state index < -0.39 is 0 Å². The van der Waals surface area contributed by atoms with Crippen LogP contribution in [0.2, 0.25) is 0 Å². The molecule has 0 atom stereocenters. The molecule has 0 amide bonds. The second-order valence-corrected chi connectivity index (χ2v) is 4.23. The zero-order valence-electron chi connectivity index (χ0n) is 8.85. The maximum atomic E-state index is 5.42. The van der Waals surface area contributed by atoms with Crippen molar-refractivity contribution in [3.05, 3.63) is 0 Å². The van der Waals surface area contributed by atoms with Crippen LogP contribution in [0.15, 0.2) is 0 Å². The molecule has 0 fully saturated rings. The van der Waals surface area contributed by atoms with Gasteiger partial charge in [0.15, 0.2) is 0 Å². The van der Waals surface area contributed by atoms with Crippen molar-refractivity contribution >= 4 is 0 Å². The molecule has 12 heavy (non-hydrogen) atoms. The Morgan fingerprint density at radius 3 is 2.00 bits per heavy atom. The van der Waals surface area contributed by atoms with E-state index in [4.69, 9.17) is 9.47 Å². The second-order valence-electron chi connectivity index (χ2n) is 4.23. The van der Waals surface area contributed by atoms with Crippen LogP contribution in [0.3, 0.4) is 0 Å². The maximum absolute atomic E-state index is 5.42. The minimum absolute atomic E-state index is 0.269. The van der Waals surface area contributed by atoms with Gasteiger partial charge in [0.25, 0.3) is 0 Å². The van der Waals surface area contributed by atoms with E-state index in [-0.39, 0.29) is 5.41 Å². The molecule has 0 rings (SSSR count). The molecule has 0 spiro atoms. The summed E-state index contributed by atoms with van der Waals surface area (Å²) >= 11 is 0. The molecule has 0 aromatic rings. The van der Waals surface area contributed by atoms with Crippen molar-refractivity contribution in [2.45, 2.75) is 34.1 Å². The van der Waals surface area contributed by atoms with Crippen molar-refractivity contribution in [2.24, 2.45) is 5.41 Å². The van der Waals surface area contributed by atoms with E-state index >= 15 is 0 Å². The minimum Gasteiger partial charge on any atom is -0.379 e. The Labute approximate surface area is 76.3 Å². The zero-order valence-corrected chi connectivity index (χ0v) is 8.85. The van der Waals surface area contributed by atoms with Crippen LogP contribution >= 0.6 is 0 Å². The summed E-state index contributed by atoms with van der Waals surface area (Å²) in [6.07, 6.45) is 1.08. The summed E-state index contributed by atoms with van der Waals surface area (Å²) in [5.74, 6) is 0. The molecule has 0 saturated heterocycles. The summed E-state index contributed by atoms with van der Waals surface area (Å²) in [6, 6.07) is 0. The number of hydrogen-bond donors (Lipinski definition) is 0. The molecular formula is C10H22O2. The average Bonchev–Trinajstić information content (AvgIpc) is 1.94. The monoisotopic (exact) mass is 174 g/mol. The fraction of sp³-hybridized carbons (Fsp3) is 1.00. The quantitative estimate of drug-likeness (QED) is 0.576. The topological polar surface area (TPSA) is 18.5 Å². The molecule has 0 saturated carbocycles. The van der Waals surface area contributed by atoms with Crippen LogP contribution in [0.1, 0.15) is 34.1 Å². The average molecular weight is 174 g/mol. The lowest BCUT2D eigenvalue weighted by Gasteiger charge is -2.17. The highest BCUT2D eigenvalue weighted by Gasteiger charge is 2.09. The van der Waals surface area contributed by atoms with Gasteiger partial charge in [-0.05, 0) is 11.8 Å². The molecule has 0 radical (unpaired) electrons. The Balaban J connectivity index is 3.01. The van der Waals surface area contributed by atoms with E-state index in [1.807, 2.05) is 0 Å². The summed E-state index contributed by atoms with van der Waals surface area (Å²) in [7, 11) is 0. The first kappa shape index (κ1) is 11.9. The van der Waals surface area contributed by atoms with Crippen molar-refractivity contribution in [1.29, 1.82) is 0 Å². The summed E-state index contributed by atoms with van der Waals surface area (Å²) in [6.45, 7) is 11.7. The Morgan fingerprint density at radius 2 is 1.50 bits per heavy atom. The molecule has 74 valence electrons. The lowest BCUT2D eigenvalue weighted by atomic mass is 9.99. The zero-order chi connectivity index (χ0) is 9.45. The first-order chi connectivity index (χ1) is 5.56. The highest BCUT2D eigenvalue weighted by Crippen LogP contribution is 2.12. The Morgan fingerprint density at radius 1 is 0.917 bits per heavy atom. The lowest BCUT2D eigenvalue weighted by molar-refractivity contribution is 0.0196. The van der Waals surface area contributed by atoms with Crippen molar-refractivity contribution in [3.8, 4) is 0 Å². The van der Waals surface area contributed by atoms with Gasteiger partial charge in [-0.2, -0.15) is 0 Å². The van der Waals surface area contributed by atoms with E-state index in [1.54, 1.807) is 0 Å². The van der Waals surface area contributed by atoms with Gasteiger partial charge in [-0.1, -0.05) is 27.7 Å². The first-order valence-corrected chi connectivity index (χ1v) is 4.72. The van der Waals surface area contributed by atoms with Gasteiger partial charge in [0, 0.05) is 6.61 Å². The molecule has 0 unspecified atom stereocenters. The van der Waals surface area contributed by atoms with Crippen molar-refractivity contribution in [1.82, 2.24) is 0 Å². The Bertz CT molecular complexity index is 94.5. The molecule has 2 heteroatoms. The molecule has 0 bridgehead atoms. The molecular weight excluding hydrogens is 152 g/mol. The van der Waals surface area contributed by atoms with Gasteiger partial charge in [-0.25, -0.2) is 0 Å². The minimum atomic E-state index is 0.269. The van der Waals surface area contributed by atoms with Crippen molar-refractivity contribution in [3.63, 3.8) is 0 Å². The predicted octanol–water partition coefficient (Wildman–Crippen LogP) is 2.48. The number of hydrogen-bond acceptors (Lipinski definition) is 2. The van der Waals surface area contributed by atoms with Crippen LogP contribution in [0.25, 0.3) is 0 Å². The number of ether oxygens (including phenoxy) is 2. The maximum Gasteiger partial charge on any atom is 0.0700 e. The second kappa shape index (κ2) is 6.44. The normalized spacial score (nSPS) is 12.0. The van der Waals surface area contributed by atoms with Crippen LogP contribution < -0.4 is 0 Å². The smallest absolute Gasteiger partial charge is 0.0700 e. The highest BCUT2D eigenvalue weighted by molar-refractivity contribution is 4.58. The molecule has 0 N–H and O–H groups in total. The summed E-state index contributed by atoms with van der Waals surface area (Å²) < 4.78 is 10.7. The SMILES string of the molecule is CCCOCCOCC(C)(C)C. The van der Waals surface area contributed by atoms with Crippen LogP contribution in [0.4, 0.5) is 0 Å². The Kier molecular flexibility index (Phi) is 6.39. The van der Waals surface area contributed by atoms with Crippen LogP contribution in [-0.4, -0.2) is 26.4 Å². The molecule has 0 aromatic carbocycles. The van der Waals surface area contributed by atoms with Gasteiger partial charge in [0.05, 0.1) is 19.8 Å². The van der Waals surface area contributed by atoms with Gasteiger partial charge >= 0.3 is 0 Å². The molecule has 0 aliphatic rings. The lowest BCUT2D eigenvalue weighted by Crippen LogP contribution is -2.16. The third-order valence-corrected chi connectivity index (χ3v) is 1.26. The van der Waals surface area contributed by atoms with Crippen LogP contribution in [-0.2, 0) is 9.47 Å². The summed E-state index contributed by atoms with van der Waals surface area (Å²) in [5.41, 5.74) is 0.269. The molecule has 2 nitrogen and oxygen atoms in total. The van der Waals surface area contributed by atoms with E-state index in [9.17, 15) is 0 Å². The third kappa shape index (κ3) is 9.92. The van der Waals surface area contributed by atoms with E-state index in [2.05, 4.69) is 27.7 Å². The van der Waals surface area contributed by atoms with E-state index in [1.165, 1.54) is 0 Å². The van der Waals surface area contributed by atoms with E-state index in [0.717, 1.165) is 32.8 Å². The van der Waals surface area contributed by atoms with Gasteiger partial charge in [0.2, 0.25) is 0 Å². The van der Waals surface area contributed by atoms with Crippen LogP contribution in [0, 0.1) is 5.41 Å².